The predicted octanol–water partition coefficient (Wildman–Crippen LogP) is 5.02. The van der Waals surface area contributed by atoms with Crippen molar-refractivity contribution in [2.45, 2.75) is 83.2 Å². The molecule has 0 fully saturated rings. The molecular formula is C24H44NO3+. The van der Waals surface area contributed by atoms with E-state index in [0.29, 0.717) is 17.4 Å². The highest BCUT2D eigenvalue weighted by Gasteiger charge is 2.17. The average Bonchev–Trinajstić information content (AvgIpc) is 3.13. The highest BCUT2D eigenvalue weighted by Crippen LogP contribution is 2.23. The lowest BCUT2D eigenvalue weighted by Crippen LogP contribution is -2.43. The van der Waals surface area contributed by atoms with Gasteiger partial charge in [-0.3, -0.25) is 4.79 Å². The van der Waals surface area contributed by atoms with Crippen molar-refractivity contribution in [3.63, 3.8) is 0 Å². The largest absolute Gasteiger partial charge is 0.463 e. The van der Waals surface area contributed by atoms with Gasteiger partial charge in [-0.15, -0.1) is 0 Å². The molecule has 4 heteroatoms. The van der Waals surface area contributed by atoms with Crippen LogP contribution in [0.25, 0.3) is 0 Å². The van der Waals surface area contributed by atoms with Gasteiger partial charge in [0.05, 0.1) is 21.1 Å². The Bertz CT molecular complexity index is 465. The van der Waals surface area contributed by atoms with Gasteiger partial charge in [-0.05, 0) is 57.3 Å². The maximum absolute atomic E-state index is 11.7. The molecular weight excluding hydrogens is 350 g/mol. The third-order valence-corrected chi connectivity index (χ3v) is 5.17. The highest BCUT2D eigenvalue weighted by molar-refractivity contribution is 5.69. The average molecular weight is 395 g/mol. The van der Waals surface area contributed by atoms with Crippen molar-refractivity contribution in [1.29, 1.82) is 0 Å². The Labute approximate surface area is 173 Å². The maximum atomic E-state index is 11.7. The van der Waals surface area contributed by atoms with Crippen molar-refractivity contribution in [3.05, 3.63) is 24.3 Å². The molecule has 0 saturated carbocycles. The van der Waals surface area contributed by atoms with Crippen molar-refractivity contribution in [2.75, 3.05) is 34.3 Å². The Morgan fingerprint density at radius 3 is 2.43 bits per heavy atom. The first-order valence-electron chi connectivity index (χ1n) is 11.3. The van der Waals surface area contributed by atoms with Crippen molar-refractivity contribution in [1.82, 2.24) is 0 Å². The lowest BCUT2D eigenvalue weighted by atomic mass is 10.00. The summed E-state index contributed by atoms with van der Waals surface area (Å²) in [5.41, 5.74) is 0. The minimum Gasteiger partial charge on any atom is -0.463 e. The third kappa shape index (κ3) is 14.9. The summed E-state index contributed by atoms with van der Waals surface area (Å²) in [6, 6.07) is 0. The number of likely N-dealkylation sites (N-methyl/N-ethyl adjacent to an activating group) is 1. The Kier molecular flexibility index (Phi) is 13.2. The molecule has 1 aliphatic carbocycles. The summed E-state index contributed by atoms with van der Waals surface area (Å²) in [6.07, 6.45) is 22.6. The minimum atomic E-state index is -0.591. The first-order chi connectivity index (χ1) is 13.4. The molecule has 2 atom stereocenters. The Balaban J connectivity index is 1.85. The van der Waals surface area contributed by atoms with E-state index in [4.69, 9.17) is 4.74 Å². The van der Waals surface area contributed by atoms with Crippen LogP contribution in [0.2, 0.25) is 0 Å². The Morgan fingerprint density at radius 2 is 1.79 bits per heavy atom. The molecule has 1 rings (SSSR count). The van der Waals surface area contributed by atoms with Gasteiger partial charge in [0, 0.05) is 6.42 Å². The van der Waals surface area contributed by atoms with Crippen LogP contribution < -0.4 is 0 Å². The number of carbonyl (C=O) groups is 1. The van der Waals surface area contributed by atoms with Crippen LogP contribution in [0.15, 0.2) is 24.3 Å². The van der Waals surface area contributed by atoms with E-state index in [1.165, 1.54) is 51.4 Å². The molecule has 0 radical (unpaired) electrons. The van der Waals surface area contributed by atoms with E-state index in [1.807, 2.05) is 21.1 Å². The molecule has 0 bridgehead atoms. The van der Waals surface area contributed by atoms with Crippen LogP contribution in [0.5, 0.6) is 0 Å². The summed E-state index contributed by atoms with van der Waals surface area (Å²) in [6.45, 7) is 0.682. The zero-order chi connectivity index (χ0) is 20.7. The first-order valence-corrected chi connectivity index (χ1v) is 11.3. The van der Waals surface area contributed by atoms with E-state index in [2.05, 4.69) is 24.3 Å². The van der Waals surface area contributed by atoms with Gasteiger partial charge in [0.25, 0.3) is 0 Å². The molecule has 1 unspecified atom stereocenters. The van der Waals surface area contributed by atoms with Gasteiger partial charge in [-0.2, -0.15) is 0 Å². The molecule has 0 amide bonds. The fraction of sp³-hybridized carbons (Fsp3) is 0.792. The van der Waals surface area contributed by atoms with Crippen molar-refractivity contribution in [3.8, 4) is 0 Å². The number of nitrogens with zero attached hydrogens (tertiary/aromatic N) is 1. The molecule has 1 N–H and O–H groups in total. The van der Waals surface area contributed by atoms with Crippen LogP contribution in [0.4, 0.5) is 0 Å². The zero-order valence-corrected chi connectivity index (χ0v) is 18.6. The number of allylic oxidation sites excluding steroid dienone is 4. The van der Waals surface area contributed by atoms with Gasteiger partial charge in [-0.1, -0.05) is 43.6 Å². The molecule has 0 spiro atoms. The van der Waals surface area contributed by atoms with Crippen LogP contribution >= 0.6 is 0 Å². The van der Waals surface area contributed by atoms with E-state index in [0.717, 1.165) is 25.2 Å². The van der Waals surface area contributed by atoms with Crippen molar-refractivity contribution >= 4 is 5.97 Å². The summed E-state index contributed by atoms with van der Waals surface area (Å²) < 4.78 is 5.81. The van der Waals surface area contributed by atoms with E-state index >= 15 is 0 Å². The number of hydrogen-bond donors (Lipinski definition) is 1. The number of quaternary nitrogens is 1. The zero-order valence-electron chi connectivity index (χ0n) is 18.6. The number of aliphatic hydroxyl groups excluding tert-OH is 1. The Hall–Kier alpha value is -1.13. The smallest absolute Gasteiger partial charge is 0.305 e. The summed E-state index contributed by atoms with van der Waals surface area (Å²) in [5, 5.41) is 9.84. The second-order valence-corrected chi connectivity index (χ2v) is 9.28. The SMILES string of the molecule is C[N+](C)(C)CC(O)COC(=O)CCCC/C=C/CCCCCC[C@H]1C=CCC1. The summed E-state index contributed by atoms with van der Waals surface area (Å²) in [7, 11) is 6.02. The fourth-order valence-electron chi connectivity index (χ4n) is 3.67. The molecule has 0 aromatic heterocycles. The van der Waals surface area contributed by atoms with Crippen LogP contribution in [-0.4, -0.2) is 56.0 Å². The van der Waals surface area contributed by atoms with Gasteiger partial charge >= 0.3 is 5.97 Å². The molecule has 0 aromatic carbocycles. The van der Waals surface area contributed by atoms with E-state index in [9.17, 15) is 9.90 Å². The monoisotopic (exact) mass is 394 g/mol. The molecule has 0 aromatic rings. The van der Waals surface area contributed by atoms with Gasteiger partial charge in [0.15, 0.2) is 0 Å². The Morgan fingerprint density at radius 1 is 1.11 bits per heavy atom. The fourth-order valence-corrected chi connectivity index (χ4v) is 3.67. The number of hydrogen-bond acceptors (Lipinski definition) is 3. The number of esters is 1. The third-order valence-electron chi connectivity index (χ3n) is 5.17. The summed E-state index contributed by atoms with van der Waals surface area (Å²) in [4.78, 5) is 11.7. The standard InChI is InChI=1S/C24H44NO3/c1-25(2,3)20-23(26)21-28-24(27)19-13-11-9-7-5-4-6-8-10-12-16-22-17-14-15-18-22/h5,7,14,17,22-23,26H,4,6,8-13,15-16,18-21H2,1-3H3/q+1/b7-5+/t22-,23?/m0/s1. The summed E-state index contributed by atoms with van der Waals surface area (Å²) >= 11 is 0. The number of ether oxygens (including phenoxy) is 1. The first kappa shape index (κ1) is 24.9. The van der Waals surface area contributed by atoms with Crippen LogP contribution in [0.1, 0.15) is 77.0 Å². The lowest BCUT2D eigenvalue weighted by Gasteiger charge is -2.26. The quantitative estimate of drug-likeness (QED) is 0.173. The van der Waals surface area contributed by atoms with Crippen LogP contribution in [0, 0.1) is 5.92 Å². The maximum Gasteiger partial charge on any atom is 0.305 e. The second-order valence-electron chi connectivity index (χ2n) is 9.28. The molecule has 1 aliphatic rings. The molecule has 4 nitrogen and oxygen atoms in total. The van der Waals surface area contributed by atoms with Gasteiger partial charge in [-0.25, -0.2) is 0 Å². The second kappa shape index (κ2) is 14.8. The highest BCUT2D eigenvalue weighted by atomic mass is 16.5. The predicted molar refractivity (Wildman–Crippen MR) is 117 cm³/mol. The summed E-state index contributed by atoms with van der Waals surface area (Å²) in [5.74, 6) is 0.669. The molecule has 28 heavy (non-hydrogen) atoms. The van der Waals surface area contributed by atoms with E-state index in [-0.39, 0.29) is 12.6 Å². The van der Waals surface area contributed by atoms with E-state index in [1.54, 1.807) is 0 Å². The van der Waals surface area contributed by atoms with Gasteiger partial charge < -0.3 is 14.3 Å². The van der Waals surface area contributed by atoms with Gasteiger partial charge in [0.1, 0.15) is 19.3 Å². The lowest BCUT2D eigenvalue weighted by molar-refractivity contribution is -0.873. The number of carbonyl (C=O) groups excluding carboxylic acids is 1. The van der Waals surface area contributed by atoms with E-state index < -0.39 is 6.10 Å². The number of aliphatic hydroxyl groups is 1. The molecule has 0 saturated heterocycles. The molecule has 0 heterocycles. The van der Waals surface area contributed by atoms with Gasteiger partial charge in [0.2, 0.25) is 0 Å². The van der Waals surface area contributed by atoms with Crippen molar-refractivity contribution in [2.24, 2.45) is 5.92 Å². The number of unbranched alkanes of at least 4 members (excludes halogenated alkanes) is 6. The minimum absolute atomic E-state index is 0.103. The topological polar surface area (TPSA) is 46.5 Å². The van der Waals surface area contributed by atoms with Crippen molar-refractivity contribution < 1.29 is 19.1 Å². The van der Waals surface area contributed by atoms with Crippen LogP contribution in [0.3, 0.4) is 0 Å². The molecule has 0 aliphatic heterocycles. The number of rotatable bonds is 16. The molecule has 162 valence electrons. The van der Waals surface area contributed by atoms with Crippen LogP contribution in [-0.2, 0) is 9.53 Å². The normalized spacial score (nSPS) is 18.1.